The SMILES string of the molecule is Cc1ccnc(NS(=O)(=O)c2ccc(NC(=O)C=Cc3cccc(Cl)c3)cc2)n1. The maximum atomic E-state index is 12.4. The lowest BCUT2D eigenvalue weighted by molar-refractivity contribution is -0.111. The highest BCUT2D eigenvalue weighted by molar-refractivity contribution is 7.92. The number of nitrogens with one attached hydrogen (secondary N) is 2. The lowest BCUT2D eigenvalue weighted by atomic mass is 10.2. The Hall–Kier alpha value is -3.23. The molecular weight excluding hydrogens is 412 g/mol. The molecule has 0 spiro atoms. The Bertz CT molecular complexity index is 1160. The van der Waals surface area contributed by atoms with Crippen LogP contribution in [0.3, 0.4) is 0 Å². The summed E-state index contributed by atoms with van der Waals surface area (Å²) in [7, 11) is -3.84. The van der Waals surface area contributed by atoms with Gasteiger partial charge in [0, 0.05) is 28.7 Å². The molecule has 0 saturated heterocycles. The number of nitrogens with zero attached hydrogens (tertiary/aromatic N) is 2. The van der Waals surface area contributed by atoms with Gasteiger partial charge in [-0.05, 0) is 61.0 Å². The summed E-state index contributed by atoms with van der Waals surface area (Å²) < 4.78 is 27.2. The number of hydrogen-bond donors (Lipinski definition) is 2. The average Bonchev–Trinajstić information content (AvgIpc) is 2.67. The summed E-state index contributed by atoms with van der Waals surface area (Å²) in [5.41, 5.74) is 1.89. The maximum absolute atomic E-state index is 12.4. The van der Waals surface area contributed by atoms with Crippen molar-refractivity contribution >= 4 is 45.2 Å². The molecular formula is C20H17ClN4O3S. The van der Waals surface area contributed by atoms with Gasteiger partial charge in [0.1, 0.15) is 0 Å². The van der Waals surface area contributed by atoms with Crippen LogP contribution in [-0.2, 0) is 14.8 Å². The fourth-order valence-electron chi connectivity index (χ4n) is 2.36. The van der Waals surface area contributed by atoms with Crippen molar-refractivity contribution in [2.75, 3.05) is 10.0 Å². The van der Waals surface area contributed by atoms with Crippen LogP contribution >= 0.6 is 11.6 Å². The molecule has 0 atom stereocenters. The summed E-state index contributed by atoms with van der Waals surface area (Å²) in [5.74, 6) is -0.361. The quantitative estimate of drug-likeness (QED) is 0.580. The Balaban J connectivity index is 1.65. The number of sulfonamides is 1. The summed E-state index contributed by atoms with van der Waals surface area (Å²) in [6, 6.07) is 14.5. The average molecular weight is 429 g/mol. The van der Waals surface area contributed by atoms with Crippen molar-refractivity contribution in [1.82, 2.24) is 9.97 Å². The van der Waals surface area contributed by atoms with Crippen LogP contribution in [0.5, 0.6) is 0 Å². The monoisotopic (exact) mass is 428 g/mol. The molecule has 0 aliphatic heterocycles. The first-order valence-corrected chi connectivity index (χ1v) is 10.4. The van der Waals surface area contributed by atoms with Gasteiger partial charge in [0.2, 0.25) is 11.9 Å². The van der Waals surface area contributed by atoms with E-state index in [2.05, 4.69) is 20.0 Å². The highest BCUT2D eigenvalue weighted by Crippen LogP contribution is 2.17. The van der Waals surface area contributed by atoms with E-state index in [-0.39, 0.29) is 16.8 Å². The topological polar surface area (TPSA) is 101 Å². The fourth-order valence-corrected chi connectivity index (χ4v) is 3.51. The van der Waals surface area contributed by atoms with Crippen LogP contribution in [0, 0.1) is 6.92 Å². The Labute approximate surface area is 173 Å². The minimum absolute atomic E-state index is 0.00599. The molecule has 29 heavy (non-hydrogen) atoms. The summed E-state index contributed by atoms with van der Waals surface area (Å²) >= 11 is 5.90. The van der Waals surface area contributed by atoms with E-state index in [1.54, 1.807) is 37.3 Å². The molecule has 3 aromatic rings. The Morgan fingerprint density at radius 3 is 2.55 bits per heavy atom. The summed E-state index contributed by atoms with van der Waals surface area (Å²) in [4.78, 5) is 20.0. The van der Waals surface area contributed by atoms with Gasteiger partial charge in [-0.3, -0.25) is 4.79 Å². The van der Waals surface area contributed by atoms with Gasteiger partial charge >= 0.3 is 0 Å². The predicted molar refractivity (Wildman–Crippen MR) is 113 cm³/mol. The highest BCUT2D eigenvalue weighted by atomic mass is 35.5. The van der Waals surface area contributed by atoms with Gasteiger partial charge in [-0.25, -0.2) is 23.1 Å². The standard InChI is InChI=1S/C20H17ClN4O3S/c1-14-11-12-22-20(23-14)25-29(27,28)18-8-6-17(7-9-18)24-19(26)10-5-15-3-2-4-16(21)13-15/h2-13H,1H3,(H,24,26)(H,22,23,25). The molecule has 1 heterocycles. The zero-order valence-corrected chi connectivity index (χ0v) is 16.9. The normalized spacial score (nSPS) is 11.4. The minimum Gasteiger partial charge on any atom is -0.323 e. The highest BCUT2D eigenvalue weighted by Gasteiger charge is 2.15. The second-order valence-electron chi connectivity index (χ2n) is 6.03. The number of halogens is 1. The van der Waals surface area contributed by atoms with E-state index in [4.69, 9.17) is 11.6 Å². The lowest BCUT2D eigenvalue weighted by Gasteiger charge is -2.08. The number of carbonyl (C=O) groups excluding carboxylic acids is 1. The third-order valence-corrected chi connectivity index (χ3v) is 5.31. The molecule has 0 fully saturated rings. The predicted octanol–water partition coefficient (Wildman–Crippen LogP) is 3.89. The molecule has 3 rings (SSSR count). The summed E-state index contributed by atoms with van der Waals surface area (Å²) in [5, 5.41) is 3.24. The van der Waals surface area contributed by atoms with E-state index in [9.17, 15) is 13.2 Å². The van der Waals surface area contributed by atoms with Crippen molar-refractivity contribution in [1.29, 1.82) is 0 Å². The van der Waals surface area contributed by atoms with E-state index >= 15 is 0 Å². The van der Waals surface area contributed by atoms with Crippen molar-refractivity contribution in [3.63, 3.8) is 0 Å². The van der Waals surface area contributed by atoms with Crippen LogP contribution < -0.4 is 10.0 Å². The second kappa shape index (κ2) is 8.85. The molecule has 0 unspecified atom stereocenters. The maximum Gasteiger partial charge on any atom is 0.264 e. The molecule has 0 aliphatic carbocycles. The largest absolute Gasteiger partial charge is 0.323 e. The molecule has 0 bridgehead atoms. The second-order valence-corrected chi connectivity index (χ2v) is 8.15. The van der Waals surface area contributed by atoms with Gasteiger partial charge in [0.15, 0.2) is 0 Å². The van der Waals surface area contributed by atoms with E-state index in [1.807, 2.05) is 6.07 Å². The van der Waals surface area contributed by atoms with Crippen molar-refractivity contribution < 1.29 is 13.2 Å². The molecule has 2 aromatic carbocycles. The molecule has 1 amide bonds. The number of carbonyl (C=O) groups is 1. The number of anilines is 2. The molecule has 9 heteroatoms. The smallest absolute Gasteiger partial charge is 0.264 e. The number of aromatic nitrogens is 2. The first kappa shape index (κ1) is 20.5. The van der Waals surface area contributed by atoms with Crippen LogP contribution in [0.25, 0.3) is 6.08 Å². The molecule has 1 aromatic heterocycles. The van der Waals surface area contributed by atoms with Crippen molar-refractivity contribution in [2.45, 2.75) is 11.8 Å². The van der Waals surface area contributed by atoms with E-state index < -0.39 is 10.0 Å². The molecule has 0 aliphatic rings. The van der Waals surface area contributed by atoms with Crippen molar-refractivity contribution in [2.24, 2.45) is 0 Å². The van der Waals surface area contributed by atoms with Crippen molar-refractivity contribution in [3.05, 3.63) is 83.2 Å². The van der Waals surface area contributed by atoms with E-state index in [1.165, 1.54) is 36.5 Å². The molecule has 2 N–H and O–H groups in total. The first-order chi connectivity index (χ1) is 13.8. The Morgan fingerprint density at radius 2 is 1.86 bits per heavy atom. The fraction of sp³-hybridized carbons (Fsp3) is 0.0500. The molecule has 148 valence electrons. The number of benzene rings is 2. The van der Waals surface area contributed by atoms with Crippen LogP contribution in [0.15, 0.2) is 71.8 Å². The minimum atomic E-state index is -3.84. The lowest BCUT2D eigenvalue weighted by Crippen LogP contribution is -2.15. The van der Waals surface area contributed by atoms with Crippen LogP contribution in [0.4, 0.5) is 11.6 Å². The van der Waals surface area contributed by atoms with E-state index in [0.717, 1.165) is 5.56 Å². The number of amides is 1. The van der Waals surface area contributed by atoms with Crippen molar-refractivity contribution in [3.8, 4) is 0 Å². The van der Waals surface area contributed by atoms with Gasteiger partial charge in [0.05, 0.1) is 4.90 Å². The summed E-state index contributed by atoms with van der Waals surface area (Å²) in [6.07, 6.45) is 4.47. The van der Waals surface area contributed by atoms with Crippen LogP contribution in [-0.4, -0.2) is 24.3 Å². The summed E-state index contributed by atoms with van der Waals surface area (Å²) in [6.45, 7) is 1.73. The molecule has 0 radical (unpaired) electrons. The number of aryl methyl sites for hydroxylation is 1. The van der Waals surface area contributed by atoms with Crippen LogP contribution in [0.1, 0.15) is 11.3 Å². The third kappa shape index (κ3) is 5.87. The Morgan fingerprint density at radius 1 is 1.10 bits per heavy atom. The molecule has 7 nitrogen and oxygen atoms in total. The van der Waals surface area contributed by atoms with Gasteiger partial charge in [-0.15, -0.1) is 0 Å². The number of rotatable bonds is 6. The van der Waals surface area contributed by atoms with Gasteiger partial charge in [-0.2, -0.15) is 0 Å². The van der Waals surface area contributed by atoms with Crippen LogP contribution in [0.2, 0.25) is 5.02 Å². The molecule has 0 saturated carbocycles. The Kier molecular flexibility index (Phi) is 6.26. The zero-order valence-electron chi connectivity index (χ0n) is 15.3. The zero-order chi connectivity index (χ0) is 20.9. The first-order valence-electron chi connectivity index (χ1n) is 8.49. The van der Waals surface area contributed by atoms with Gasteiger partial charge < -0.3 is 5.32 Å². The van der Waals surface area contributed by atoms with E-state index in [0.29, 0.717) is 16.4 Å². The van der Waals surface area contributed by atoms with Gasteiger partial charge in [-0.1, -0.05) is 23.7 Å². The number of hydrogen-bond acceptors (Lipinski definition) is 5. The third-order valence-electron chi connectivity index (χ3n) is 3.73. The van der Waals surface area contributed by atoms with Gasteiger partial charge in [0.25, 0.3) is 10.0 Å².